The third kappa shape index (κ3) is 9.51. The molecule has 43 heavy (non-hydrogen) atoms. The molecule has 0 spiro atoms. The molecule has 0 unspecified atom stereocenters. The van der Waals surface area contributed by atoms with E-state index in [4.69, 9.17) is 0 Å². The summed E-state index contributed by atoms with van der Waals surface area (Å²) in [6.07, 6.45) is 3.79. The molecule has 1 aliphatic carbocycles. The molecule has 3 amide bonds. The molecule has 2 aromatic carbocycles. The molecule has 1 saturated carbocycles. The van der Waals surface area contributed by atoms with Gasteiger partial charge in [-0.1, -0.05) is 95.8 Å². The van der Waals surface area contributed by atoms with E-state index in [0.29, 0.717) is 19.3 Å². The van der Waals surface area contributed by atoms with E-state index in [9.17, 15) is 24.6 Å². The molecule has 0 aromatic heterocycles. The Morgan fingerprint density at radius 1 is 0.930 bits per heavy atom. The molecule has 0 radical (unpaired) electrons. The van der Waals surface area contributed by atoms with Crippen LogP contribution in [0.25, 0.3) is 10.8 Å². The lowest BCUT2D eigenvalue weighted by atomic mass is 9.88. The molecule has 2 aromatic rings. The van der Waals surface area contributed by atoms with Gasteiger partial charge >= 0.3 is 0 Å². The SMILES string of the molecule is CC[C@H](C)[C@@H](C(=O)N[C@@H](Cc1ccc2ccccc2c1)[C@@H](O)[C@@H](O)CC(C)C)N(C(=O)[C@H](C)NC(C)=O)C1CCCCC1. The predicted molar refractivity (Wildman–Crippen MR) is 171 cm³/mol. The van der Waals surface area contributed by atoms with Gasteiger partial charge in [-0.2, -0.15) is 0 Å². The van der Waals surface area contributed by atoms with Crippen LogP contribution >= 0.6 is 0 Å². The number of nitrogens with one attached hydrogen (secondary N) is 2. The zero-order valence-corrected chi connectivity index (χ0v) is 26.9. The number of rotatable bonds is 14. The van der Waals surface area contributed by atoms with Crippen molar-refractivity contribution in [3.05, 3.63) is 48.0 Å². The number of hydrogen-bond acceptors (Lipinski definition) is 5. The zero-order chi connectivity index (χ0) is 31.7. The summed E-state index contributed by atoms with van der Waals surface area (Å²) >= 11 is 0. The quantitative estimate of drug-likeness (QED) is 0.252. The summed E-state index contributed by atoms with van der Waals surface area (Å²) in [5.41, 5.74) is 0.930. The van der Waals surface area contributed by atoms with Gasteiger partial charge in [0.25, 0.3) is 0 Å². The second-order valence-electron chi connectivity index (χ2n) is 13.0. The molecular weight excluding hydrogens is 542 g/mol. The summed E-state index contributed by atoms with van der Waals surface area (Å²) in [6.45, 7) is 11.0. The Morgan fingerprint density at radius 3 is 2.19 bits per heavy atom. The highest BCUT2D eigenvalue weighted by molar-refractivity contribution is 5.92. The van der Waals surface area contributed by atoms with Gasteiger partial charge in [-0.15, -0.1) is 0 Å². The lowest BCUT2D eigenvalue weighted by molar-refractivity contribution is -0.149. The van der Waals surface area contributed by atoms with Gasteiger partial charge in [0.05, 0.1) is 12.1 Å². The number of aliphatic hydroxyl groups excluding tert-OH is 2. The summed E-state index contributed by atoms with van der Waals surface area (Å²) in [6, 6.07) is 11.6. The van der Waals surface area contributed by atoms with Crippen molar-refractivity contribution in [2.45, 2.75) is 129 Å². The molecule has 0 bridgehead atoms. The molecule has 238 valence electrons. The van der Waals surface area contributed by atoms with Crippen molar-refractivity contribution in [2.24, 2.45) is 11.8 Å². The number of carbonyl (C=O) groups is 3. The molecule has 1 fully saturated rings. The normalized spacial score (nSPS) is 18.3. The van der Waals surface area contributed by atoms with Crippen molar-refractivity contribution < 1.29 is 24.6 Å². The van der Waals surface area contributed by atoms with Crippen molar-refractivity contribution in [1.29, 1.82) is 0 Å². The van der Waals surface area contributed by atoms with Gasteiger partial charge in [-0.25, -0.2) is 0 Å². The second kappa shape index (κ2) is 16.2. The van der Waals surface area contributed by atoms with Gasteiger partial charge in [0, 0.05) is 13.0 Å². The van der Waals surface area contributed by atoms with Crippen molar-refractivity contribution in [3.8, 4) is 0 Å². The monoisotopic (exact) mass is 595 g/mol. The summed E-state index contributed by atoms with van der Waals surface area (Å²) in [4.78, 5) is 41.9. The molecule has 8 heteroatoms. The molecule has 1 aliphatic rings. The van der Waals surface area contributed by atoms with Crippen molar-refractivity contribution >= 4 is 28.5 Å². The van der Waals surface area contributed by atoms with Crippen LogP contribution in [0, 0.1) is 11.8 Å². The first-order valence-corrected chi connectivity index (χ1v) is 16.2. The van der Waals surface area contributed by atoms with E-state index in [1.807, 2.05) is 64.1 Å². The van der Waals surface area contributed by atoms with Crippen LogP contribution < -0.4 is 10.6 Å². The maximum atomic E-state index is 14.4. The summed E-state index contributed by atoms with van der Waals surface area (Å²) < 4.78 is 0. The number of hydrogen-bond donors (Lipinski definition) is 4. The van der Waals surface area contributed by atoms with E-state index in [0.717, 1.165) is 48.4 Å². The zero-order valence-electron chi connectivity index (χ0n) is 26.9. The molecular formula is C35H53N3O5. The van der Waals surface area contributed by atoms with Crippen LogP contribution in [-0.4, -0.2) is 69.2 Å². The van der Waals surface area contributed by atoms with Gasteiger partial charge in [-0.3, -0.25) is 14.4 Å². The van der Waals surface area contributed by atoms with Gasteiger partial charge in [-0.05, 0) is 60.8 Å². The average Bonchev–Trinajstić information content (AvgIpc) is 2.97. The minimum absolute atomic E-state index is 0.113. The Hall–Kier alpha value is -2.97. The van der Waals surface area contributed by atoms with Crippen LogP contribution in [0.15, 0.2) is 42.5 Å². The fourth-order valence-electron chi connectivity index (χ4n) is 6.41. The van der Waals surface area contributed by atoms with Crippen LogP contribution in [0.5, 0.6) is 0 Å². The smallest absolute Gasteiger partial charge is 0.245 e. The maximum absolute atomic E-state index is 14.4. The number of fused-ring (bicyclic) bond motifs is 1. The molecule has 6 atom stereocenters. The van der Waals surface area contributed by atoms with Crippen LogP contribution in [-0.2, 0) is 20.8 Å². The van der Waals surface area contributed by atoms with E-state index in [1.165, 1.54) is 6.92 Å². The van der Waals surface area contributed by atoms with E-state index in [2.05, 4.69) is 16.7 Å². The topological polar surface area (TPSA) is 119 Å². The molecule has 3 rings (SSSR count). The van der Waals surface area contributed by atoms with Gasteiger partial charge in [0.1, 0.15) is 18.2 Å². The minimum Gasteiger partial charge on any atom is -0.390 e. The molecule has 0 aliphatic heterocycles. The second-order valence-corrected chi connectivity index (χ2v) is 13.0. The first kappa shape index (κ1) is 34.5. The largest absolute Gasteiger partial charge is 0.390 e. The predicted octanol–water partition coefficient (Wildman–Crippen LogP) is 4.74. The highest BCUT2D eigenvalue weighted by atomic mass is 16.3. The Labute approximate surface area is 257 Å². The van der Waals surface area contributed by atoms with Crippen molar-refractivity contribution in [2.75, 3.05) is 0 Å². The number of aliphatic hydroxyl groups is 2. The Morgan fingerprint density at radius 2 is 1.58 bits per heavy atom. The standard InChI is InChI=1S/C35H53N3O5/c1-7-23(4)32(38(29-15-9-8-10-16-29)35(43)24(5)36-25(6)39)34(42)37-30(33(41)31(40)19-22(2)3)21-26-17-18-27-13-11-12-14-28(27)20-26/h11-14,17-18,20,22-24,29-33,40-41H,7-10,15-16,19,21H2,1-6H3,(H,36,39)(H,37,42)/t23-,24-,30-,31-,32-,33+/m0/s1. The number of amides is 3. The summed E-state index contributed by atoms with van der Waals surface area (Å²) in [5.74, 6) is -0.927. The number of nitrogens with zero attached hydrogens (tertiary/aromatic N) is 1. The third-order valence-corrected chi connectivity index (χ3v) is 8.88. The summed E-state index contributed by atoms with van der Waals surface area (Å²) in [5, 5.41) is 30.4. The lowest BCUT2D eigenvalue weighted by Gasteiger charge is -2.43. The van der Waals surface area contributed by atoms with Crippen LogP contribution in [0.1, 0.15) is 92.1 Å². The first-order chi connectivity index (χ1) is 20.4. The fraction of sp³-hybridized carbons (Fsp3) is 0.629. The van der Waals surface area contributed by atoms with Crippen LogP contribution in [0.4, 0.5) is 0 Å². The van der Waals surface area contributed by atoms with Crippen LogP contribution in [0.2, 0.25) is 0 Å². The first-order valence-electron chi connectivity index (χ1n) is 16.2. The molecule has 8 nitrogen and oxygen atoms in total. The van der Waals surface area contributed by atoms with Crippen molar-refractivity contribution in [1.82, 2.24) is 15.5 Å². The average molecular weight is 596 g/mol. The number of carbonyl (C=O) groups excluding carboxylic acids is 3. The van der Waals surface area contributed by atoms with E-state index in [1.54, 1.807) is 11.8 Å². The number of benzene rings is 2. The summed E-state index contributed by atoms with van der Waals surface area (Å²) in [7, 11) is 0. The highest BCUT2D eigenvalue weighted by Gasteiger charge is 2.41. The van der Waals surface area contributed by atoms with Gasteiger partial charge in [0.15, 0.2) is 0 Å². The lowest BCUT2D eigenvalue weighted by Crippen LogP contribution is -2.62. The van der Waals surface area contributed by atoms with E-state index in [-0.39, 0.29) is 35.6 Å². The van der Waals surface area contributed by atoms with Crippen molar-refractivity contribution in [3.63, 3.8) is 0 Å². The minimum atomic E-state index is -1.20. The fourth-order valence-corrected chi connectivity index (χ4v) is 6.41. The maximum Gasteiger partial charge on any atom is 0.245 e. The molecule has 0 saturated heterocycles. The highest BCUT2D eigenvalue weighted by Crippen LogP contribution is 2.29. The molecule has 0 heterocycles. The van der Waals surface area contributed by atoms with E-state index < -0.39 is 30.3 Å². The Balaban J connectivity index is 1.98. The van der Waals surface area contributed by atoms with E-state index >= 15 is 0 Å². The Kier molecular flexibility index (Phi) is 13.0. The third-order valence-electron chi connectivity index (χ3n) is 8.88. The Bertz CT molecular complexity index is 1210. The van der Waals surface area contributed by atoms with Crippen LogP contribution in [0.3, 0.4) is 0 Å². The van der Waals surface area contributed by atoms with Gasteiger partial charge in [0.2, 0.25) is 17.7 Å². The van der Waals surface area contributed by atoms with Gasteiger partial charge < -0.3 is 25.7 Å². The molecule has 4 N–H and O–H groups in total.